The van der Waals surface area contributed by atoms with Crippen LogP contribution in [0.25, 0.3) is 0 Å². The van der Waals surface area contributed by atoms with E-state index < -0.39 is 0 Å². The van der Waals surface area contributed by atoms with Crippen molar-refractivity contribution in [2.75, 3.05) is 6.61 Å². The van der Waals surface area contributed by atoms with Gasteiger partial charge in [0.05, 0.1) is 12.6 Å². The molecule has 0 bridgehead atoms. The number of ether oxygens (including phenoxy) is 1. The third-order valence-electron chi connectivity index (χ3n) is 2.55. The molecule has 1 aromatic rings. The molecular formula is C11H13BrClNO2. The van der Waals surface area contributed by atoms with E-state index in [-0.39, 0.29) is 24.5 Å². The lowest BCUT2D eigenvalue weighted by Gasteiger charge is -2.25. The second-order valence-corrected chi connectivity index (χ2v) is 4.54. The fraction of sp³-hybridized carbons (Fsp3) is 0.364. The standard InChI is InChI=1S/C11H12BrNO2.ClH/c1-7-2-3-8(12)6-9(7)10-4-5-15-11(14)13-10;/h2-3,6,10H,4-5H2,1H3,(H,13,14);1H/t10-;/m0./s1. The summed E-state index contributed by atoms with van der Waals surface area (Å²) in [6.45, 7) is 2.53. The zero-order chi connectivity index (χ0) is 10.8. The van der Waals surface area contributed by atoms with E-state index in [1.54, 1.807) is 0 Å². The van der Waals surface area contributed by atoms with Gasteiger partial charge in [0.1, 0.15) is 0 Å². The summed E-state index contributed by atoms with van der Waals surface area (Å²) >= 11 is 3.43. The molecule has 0 aliphatic carbocycles. The first-order valence-electron chi connectivity index (χ1n) is 4.86. The predicted molar refractivity (Wildman–Crippen MR) is 68.0 cm³/mol. The quantitative estimate of drug-likeness (QED) is 0.864. The third-order valence-corrected chi connectivity index (χ3v) is 3.04. The van der Waals surface area contributed by atoms with Crippen molar-refractivity contribution in [1.82, 2.24) is 5.32 Å². The molecule has 0 saturated carbocycles. The molecule has 3 nitrogen and oxygen atoms in total. The predicted octanol–water partition coefficient (Wildman–Crippen LogP) is 3.35. The molecular weight excluding hydrogens is 293 g/mol. The summed E-state index contributed by atoms with van der Waals surface area (Å²) in [5.74, 6) is 0. The number of hydrogen-bond donors (Lipinski definition) is 1. The van der Waals surface area contributed by atoms with E-state index in [2.05, 4.69) is 21.2 Å². The first-order chi connectivity index (χ1) is 7.16. The van der Waals surface area contributed by atoms with Crippen LogP contribution in [-0.2, 0) is 4.74 Å². The van der Waals surface area contributed by atoms with Crippen molar-refractivity contribution in [1.29, 1.82) is 0 Å². The minimum Gasteiger partial charge on any atom is -0.449 e. The topological polar surface area (TPSA) is 38.3 Å². The zero-order valence-corrected chi connectivity index (χ0v) is 11.2. The first kappa shape index (κ1) is 13.3. The molecule has 1 amide bonds. The summed E-state index contributed by atoms with van der Waals surface area (Å²) < 4.78 is 5.87. The molecule has 5 heteroatoms. The van der Waals surface area contributed by atoms with Gasteiger partial charge in [0, 0.05) is 10.9 Å². The summed E-state index contributed by atoms with van der Waals surface area (Å²) in [4.78, 5) is 11.1. The highest BCUT2D eigenvalue weighted by atomic mass is 79.9. The third kappa shape index (κ3) is 2.89. The molecule has 1 fully saturated rings. The average Bonchev–Trinajstić information content (AvgIpc) is 2.22. The average molecular weight is 307 g/mol. The SMILES string of the molecule is Cc1ccc(Br)cc1[C@@H]1CCOC(=O)N1.Cl. The Hall–Kier alpha value is -0.740. The molecule has 2 rings (SSSR count). The lowest BCUT2D eigenvalue weighted by atomic mass is 9.99. The van der Waals surface area contributed by atoms with Crippen LogP contribution in [-0.4, -0.2) is 12.7 Å². The van der Waals surface area contributed by atoms with E-state index >= 15 is 0 Å². The maximum atomic E-state index is 11.1. The lowest BCUT2D eigenvalue weighted by Crippen LogP contribution is -2.35. The first-order valence-corrected chi connectivity index (χ1v) is 5.65. The van der Waals surface area contributed by atoms with E-state index in [9.17, 15) is 4.79 Å². The van der Waals surface area contributed by atoms with Crippen LogP contribution < -0.4 is 5.32 Å². The van der Waals surface area contributed by atoms with E-state index in [4.69, 9.17) is 4.74 Å². The van der Waals surface area contributed by atoms with Gasteiger partial charge in [-0.1, -0.05) is 22.0 Å². The number of nitrogens with one attached hydrogen (secondary N) is 1. The number of carbonyl (C=O) groups excluding carboxylic acids is 1. The number of alkyl carbamates (subject to hydrolysis) is 1. The van der Waals surface area contributed by atoms with Gasteiger partial charge in [0.2, 0.25) is 0 Å². The Bertz CT molecular complexity index is 398. The van der Waals surface area contributed by atoms with Crippen LogP contribution in [0.2, 0.25) is 0 Å². The van der Waals surface area contributed by atoms with Crippen molar-refractivity contribution in [3.8, 4) is 0 Å². The van der Waals surface area contributed by atoms with Crippen LogP contribution >= 0.6 is 28.3 Å². The van der Waals surface area contributed by atoms with Gasteiger partial charge in [-0.05, 0) is 30.2 Å². The smallest absolute Gasteiger partial charge is 0.407 e. The number of halogens is 2. The van der Waals surface area contributed by atoms with Crippen LogP contribution in [0.4, 0.5) is 4.79 Å². The molecule has 1 aromatic carbocycles. The molecule has 1 aliphatic rings. The van der Waals surface area contributed by atoms with Crippen LogP contribution in [0.15, 0.2) is 22.7 Å². The Labute approximate surface area is 109 Å². The van der Waals surface area contributed by atoms with Crippen molar-refractivity contribution in [3.05, 3.63) is 33.8 Å². The van der Waals surface area contributed by atoms with E-state index in [1.165, 1.54) is 5.56 Å². The molecule has 16 heavy (non-hydrogen) atoms. The van der Waals surface area contributed by atoms with E-state index in [1.807, 2.05) is 25.1 Å². The van der Waals surface area contributed by atoms with Crippen LogP contribution in [0.1, 0.15) is 23.6 Å². The number of rotatable bonds is 1. The van der Waals surface area contributed by atoms with Crippen molar-refractivity contribution in [2.45, 2.75) is 19.4 Å². The minimum absolute atomic E-state index is 0. The molecule has 0 aromatic heterocycles. The van der Waals surface area contributed by atoms with Crippen molar-refractivity contribution in [3.63, 3.8) is 0 Å². The van der Waals surface area contributed by atoms with Gasteiger partial charge < -0.3 is 10.1 Å². The van der Waals surface area contributed by atoms with Crippen LogP contribution in [0, 0.1) is 6.92 Å². The molecule has 1 aliphatic heterocycles. The second kappa shape index (κ2) is 5.55. The van der Waals surface area contributed by atoms with Crippen LogP contribution in [0.3, 0.4) is 0 Å². The Morgan fingerprint density at radius 2 is 2.25 bits per heavy atom. The van der Waals surface area contributed by atoms with Gasteiger partial charge in [-0.3, -0.25) is 0 Å². The van der Waals surface area contributed by atoms with Gasteiger partial charge >= 0.3 is 6.09 Å². The number of hydrogen-bond acceptors (Lipinski definition) is 2. The molecule has 1 atom stereocenters. The highest BCUT2D eigenvalue weighted by Gasteiger charge is 2.21. The van der Waals surface area contributed by atoms with E-state index in [0.717, 1.165) is 16.5 Å². The number of aryl methyl sites for hydroxylation is 1. The van der Waals surface area contributed by atoms with Gasteiger partial charge in [0.15, 0.2) is 0 Å². The van der Waals surface area contributed by atoms with Gasteiger partial charge in [-0.2, -0.15) is 0 Å². The summed E-state index contributed by atoms with van der Waals surface area (Å²) in [6.07, 6.45) is 0.494. The zero-order valence-electron chi connectivity index (χ0n) is 8.83. The highest BCUT2D eigenvalue weighted by molar-refractivity contribution is 9.10. The van der Waals surface area contributed by atoms with Gasteiger partial charge in [-0.25, -0.2) is 4.79 Å². The molecule has 1 saturated heterocycles. The Balaban J connectivity index is 0.00000128. The maximum Gasteiger partial charge on any atom is 0.407 e. The molecule has 1 heterocycles. The normalized spacial score (nSPS) is 19.4. The fourth-order valence-corrected chi connectivity index (χ4v) is 2.12. The Kier molecular flexibility index (Phi) is 4.62. The maximum absolute atomic E-state index is 11.1. The summed E-state index contributed by atoms with van der Waals surface area (Å²) in [5.41, 5.74) is 2.34. The van der Waals surface area contributed by atoms with Crippen molar-refractivity contribution < 1.29 is 9.53 Å². The summed E-state index contributed by atoms with van der Waals surface area (Å²) in [5, 5.41) is 2.82. The number of carbonyl (C=O) groups is 1. The number of amides is 1. The minimum atomic E-state index is -0.328. The van der Waals surface area contributed by atoms with Gasteiger partial charge in [0.25, 0.3) is 0 Å². The van der Waals surface area contributed by atoms with Crippen molar-refractivity contribution in [2.24, 2.45) is 0 Å². The summed E-state index contributed by atoms with van der Waals surface area (Å²) in [7, 11) is 0. The van der Waals surface area contributed by atoms with E-state index in [0.29, 0.717) is 6.61 Å². The monoisotopic (exact) mass is 305 g/mol. The van der Waals surface area contributed by atoms with Crippen LogP contribution in [0.5, 0.6) is 0 Å². The number of benzene rings is 1. The van der Waals surface area contributed by atoms with Gasteiger partial charge in [-0.15, -0.1) is 12.4 Å². The molecule has 0 spiro atoms. The largest absolute Gasteiger partial charge is 0.449 e. The Morgan fingerprint density at radius 3 is 2.94 bits per heavy atom. The fourth-order valence-electron chi connectivity index (χ4n) is 1.75. The molecule has 0 unspecified atom stereocenters. The Morgan fingerprint density at radius 1 is 1.50 bits per heavy atom. The van der Waals surface area contributed by atoms with Crippen molar-refractivity contribution >= 4 is 34.4 Å². The number of cyclic esters (lactones) is 1. The summed E-state index contributed by atoms with van der Waals surface area (Å²) in [6, 6.07) is 6.16. The second-order valence-electron chi connectivity index (χ2n) is 3.62. The molecule has 1 N–H and O–H groups in total. The molecule has 0 radical (unpaired) electrons. The highest BCUT2D eigenvalue weighted by Crippen LogP contribution is 2.26. The molecule has 88 valence electrons. The lowest BCUT2D eigenvalue weighted by molar-refractivity contribution is 0.115.